The number of urea groups is 1. The second-order valence-corrected chi connectivity index (χ2v) is 16.7. The molecule has 3 fully saturated rings. The SMILES string of the molecule is Cc1cccc(C(=O)Nc2cc3cn([C@H]4CC[C@H](CN(C)CC5CCN(C(=O)c6ccc(Cl)c(N7CCC(=O)NC7=O)c6)CC5)CC4)nc3cc2C(C)(C)O)n1. The molecule has 0 radical (unpaired) electrons. The van der Waals surface area contributed by atoms with Crippen LogP contribution in [0, 0.1) is 18.8 Å². The average Bonchev–Trinajstić information content (AvgIpc) is 3.58. The van der Waals surface area contributed by atoms with Gasteiger partial charge in [-0.3, -0.25) is 29.3 Å². The minimum absolute atomic E-state index is 0.0781. The molecule has 1 saturated carbocycles. The number of amides is 5. The lowest BCUT2D eigenvalue weighted by Gasteiger charge is -2.36. The molecule has 0 atom stereocenters. The number of rotatable bonds is 10. The normalized spacial score (nSPS) is 19.8. The van der Waals surface area contributed by atoms with E-state index in [0.717, 1.165) is 68.2 Å². The number of halogens is 1. The van der Waals surface area contributed by atoms with Crippen LogP contribution in [0.4, 0.5) is 16.2 Å². The Kier molecular flexibility index (Phi) is 11.5. The van der Waals surface area contributed by atoms with Gasteiger partial charge in [0.25, 0.3) is 11.8 Å². The van der Waals surface area contributed by atoms with Crippen LogP contribution in [0.3, 0.4) is 0 Å². The summed E-state index contributed by atoms with van der Waals surface area (Å²) in [5.41, 5.74) is 2.72. The topological polar surface area (TPSA) is 153 Å². The summed E-state index contributed by atoms with van der Waals surface area (Å²) >= 11 is 6.40. The standard InChI is InChI=1S/C42H51ClN8O5/c1-26-6-5-7-34(44-26)39(53)45-36-20-30-25-51(47-35(30)22-32(36)42(2,3)56)31-11-8-27(9-12-31)23-48(4)24-28-14-17-49(18-15-28)40(54)29-10-13-33(43)37(21-29)50-19-16-38(52)46-41(50)55/h5-7,10,13,20-22,25,27-28,31,56H,8-9,11-12,14-19,23-24H2,1-4H3,(H,45,53)(H,46,52,55)/t27-,31-. The van der Waals surface area contributed by atoms with E-state index in [0.29, 0.717) is 58.1 Å². The highest BCUT2D eigenvalue weighted by molar-refractivity contribution is 6.34. The molecule has 0 bridgehead atoms. The third kappa shape index (κ3) is 8.90. The minimum atomic E-state index is -1.19. The van der Waals surface area contributed by atoms with Gasteiger partial charge in [-0.15, -0.1) is 0 Å². The van der Waals surface area contributed by atoms with Crippen molar-refractivity contribution in [3.8, 4) is 0 Å². The molecule has 2 aromatic carbocycles. The summed E-state index contributed by atoms with van der Waals surface area (Å²) in [4.78, 5) is 60.7. The van der Waals surface area contributed by atoms with E-state index >= 15 is 0 Å². The Morgan fingerprint density at radius 2 is 1.70 bits per heavy atom. The number of pyridine rings is 1. The van der Waals surface area contributed by atoms with Crippen molar-refractivity contribution in [1.82, 2.24) is 29.9 Å². The second-order valence-electron chi connectivity index (χ2n) is 16.3. The molecule has 56 heavy (non-hydrogen) atoms. The van der Waals surface area contributed by atoms with Gasteiger partial charge in [0.05, 0.1) is 27.9 Å². The van der Waals surface area contributed by atoms with Crippen LogP contribution in [0.2, 0.25) is 5.02 Å². The van der Waals surface area contributed by atoms with Gasteiger partial charge in [0.2, 0.25) is 5.91 Å². The van der Waals surface area contributed by atoms with Crippen molar-refractivity contribution in [2.45, 2.75) is 77.4 Å². The third-order valence-electron chi connectivity index (χ3n) is 11.5. The minimum Gasteiger partial charge on any atom is -0.386 e. The van der Waals surface area contributed by atoms with Gasteiger partial charge in [-0.1, -0.05) is 17.7 Å². The Labute approximate surface area is 332 Å². The van der Waals surface area contributed by atoms with Crippen LogP contribution >= 0.6 is 11.6 Å². The lowest BCUT2D eigenvalue weighted by atomic mass is 9.85. The first-order valence-corrected chi connectivity index (χ1v) is 20.0. The van der Waals surface area contributed by atoms with Gasteiger partial charge < -0.3 is 20.2 Å². The van der Waals surface area contributed by atoms with E-state index in [2.05, 4.69) is 38.4 Å². The molecule has 7 rings (SSSR count). The van der Waals surface area contributed by atoms with E-state index in [-0.39, 0.29) is 36.7 Å². The van der Waals surface area contributed by atoms with Crippen molar-refractivity contribution >= 4 is 57.6 Å². The molecule has 13 nitrogen and oxygen atoms in total. The summed E-state index contributed by atoms with van der Waals surface area (Å²) in [6, 6.07) is 13.8. The van der Waals surface area contributed by atoms with Crippen molar-refractivity contribution < 1.29 is 24.3 Å². The van der Waals surface area contributed by atoms with E-state index in [1.54, 1.807) is 44.2 Å². The first kappa shape index (κ1) is 39.4. The number of nitrogens with zero attached hydrogens (tertiary/aromatic N) is 6. The predicted molar refractivity (Wildman–Crippen MR) is 216 cm³/mol. The number of aliphatic hydroxyl groups is 1. The maximum Gasteiger partial charge on any atom is 0.328 e. The fourth-order valence-electron chi connectivity index (χ4n) is 8.44. The second kappa shape index (κ2) is 16.3. The highest BCUT2D eigenvalue weighted by Gasteiger charge is 2.30. The van der Waals surface area contributed by atoms with Crippen LogP contribution in [0.25, 0.3) is 10.9 Å². The number of anilines is 2. The van der Waals surface area contributed by atoms with Crippen molar-refractivity contribution in [2.75, 3.05) is 50.0 Å². The van der Waals surface area contributed by atoms with E-state index in [9.17, 15) is 24.3 Å². The number of carbonyl (C=O) groups is 4. The summed E-state index contributed by atoms with van der Waals surface area (Å²) in [6.45, 7) is 8.84. The lowest BCUT2D eigenvalue weighted by Crippen LogP contribution is -2.49. The number of carbonyl (C=O) groups excluding carboxylic acids is 4. The van der Waals surface area contributed by atoms with Gasteiger partial charge in [-0.2, -0.15) is 5.10 Å². The number of imide groups is 1. The van der Waals surface area contributed by atoms with E-state index < -0.39 is 11.6 Å². The molecule has 2 aromatic heterocycles. The van der Waals surface area contributed by atoms with Gasteiger partial charge in [0.15, 0.2) is 0 Å². The lowest BCUT2D eigenvalue weighted by molar-refractivity contribution is -0.120. The third-order valence-corrected chi connectivity index (χ3v) is 11.8. The van der Waals surface area contributed by atoms with Crippen LogP contribution in [-0.2, 0) is 10.4 Å². The number of aryl methyl sites for hydroxylation is 1. The quantitative estimate of drug-likeness (QED) is 0.164. The summed E-state index contributed by atoms with van der Waals surface area (Å²) in [5.74, 6) is 0.372. The van der Waals surface area contributed by atoms with Crippen molar-refractivity contribution in [3.05, 3.63) is 82.3 Å². The zero-order valence-corrected chi connectivity index (χ0v) is 33.3. The molecule has 1 aliphatic carbocycles. The zero-order valence-electron chi connectivity index (χ0n) is 32.6. The van der Waals surface area contributed by atoms with Crippen molar-refractivity contribution in [1.29, 1.82) is 0 Å². The average molecular weight is 783 g/mol. The fourth-order valence-corrected chi connectivity index (χ4v) is 8.66. The summed E-state index contributed by atoms with van der Waals surface area (Å²) in [5, 5.41) is 22.5. The van der Waals surface area contributed by atoms with Crippen molar-refractivity contribution in [2.24, 2.45) is 11.8 Å². The molecule has 3 N–H and O–H groups in total. The molecular formula is C42H51ClN8O5. The Balaban J connectivity index is 0.897. The maximum atomic E-state index is 13.5. The summed E-state index contributed by atoms with van der Waals surface area (Å²) in [6.07, 6.45) is 8.36. The Hall–Kier alpha value is -4.85. The van der Waals surface area contributed by atoms with Crippen LogP contribution < -0.4 is 15.5 Å². The van der Waals surface area contributed by atoms with E-state index in [4.69, 9.17) is 16.7 Å². The number of likely N-dealkylation sites (tertiary alicyclic amines) is 1. The Bertz CT molecular complexity index is 2130. The van der Waals surface area contributed by atoms with Gasteiger partial charge in [-0.25, -0.2) is 9.78 Å². The highest BCUT2D eigenvalue weighted by Crippen LogP contribution is 2.36. The first-order chi connectivity index (χ1) is 26.7. The molecular weight excluding hydrogens is 732 g/mol. The number of aromatic nitrogens is 3. The van der Waals surface area contributed by atoms with Crippen molar-refractivity contribution in [3.63, 3.8) is 0 Å². The highest BCUT2D eigenvalue weighted by atomic mass is 35.5. The van der Waals surface area contributed by atoms with Crippen LogP contribution in [0.15, 0.2) is 54.7 Å². The van der Waals surface area contributed by atoms with Gasteiger partial charge in [0, 0.05) is 73.2 Å². The summed E-state index contributed by atoms with van der Waals surface area (Å²) in [7, 11) is 2.20. The number of fused-ring (bicyclic) bond motifs is 1. The molecule has 2 aliphatic heterocycles. The Morgan fingerprint density at radius 1 is 0.982 bits per heavy atom. The number of piperidine rings is 1. The molecule has 2 saturated heterocycles. The maximum absolute atomic E-state index is 13.5. The van der Waals surface area contributed by atoms with E-state index in [1.807, 2.05) is 30.0 Å². The smallest absolute Gasteiger partial charge is 0.328 e. The first-order valence-electron chi connectivity index (χ1n) is 19.6. The largest absolute Gasteiger partial charge is 0.386 e. The van der Waals surface area contributed by atoms with Crippen LogP contribution in [0.1, 0.15) is 96.9 Å². The van der Waals surface area contributed by atoms with Gasteiger partial charge in [0.1, 0.15) is 5.69 Å². The molecule has 4 heterocycles. The fraction of sp³-hybridized carbons (Fsp3) is 0.476. The molecule has 14 heteroatoms. The predicted octanol–water partition coefficient (Wildman–Crippen LogP) is 6.53. The summed E-state index contributed by atoms with van der Waals surface area (Å²) < 4.78 is 2.07. The van der Waals surface area contributed by atoms with Gasteiger partial charge >= 0.3 is 6.03 Å². The molecule has 0 unspecified atom stereocenters. The molecule has 296 valence electrons. The number of hydrogen-bond donors (Lipinski definition) is 3. The van der Waals surface area contributed by atoms with Crippen LogP contribution in [-0.4, -0.2) is 93.2 Å². The number of nitrogens with one attached hydrogen (secondary N) is 2. The molecule has 5 amide bonds. The monoisotopic (exact) mass is 782 g/mol. The molecule has 4 aromatic rings. The zero-order chi connectivity index (χ0) is 39.7. The van der Waals surface area contributed by atoms with Crippen LogP contribution in [0.5, 0.6) is 0 Å². The number of hydrogen-bond acceptors (Lipinski definition) is 8. The van der Waals surface area contributed by atoms with Gasteiger partial charge in [-0.05, 0) is 121 Å². The Morgan fingerprint density at radius 3 is 2.38 bits per heavy atom. The molecule has 0 spiro atoms. The number of benzene rings is 2. The van der Waals surface area contributed by atoms with E-state index in [1.165, 1.54) is 4.90 Å². The molecule has 3 aliphatic rings.